The number of alkyl halides is 1. The van der Waals surface area contributed by atoms with Crippen molar-refractivity contribution in [2.24, 2.45) is 0 Å². The van der Waals surface area contributed by atoms with E-state index < -0.39 is 10.0 Å². The number of halogens is 2. The maximum Gasteiger partial charge on any atom is 0.247 e. The maximum absolute atomic E-state index is 12.7. The summed E-state index contributed by atoms with van der Waals surface area (Å²) in [6.45, 7) is 2.41. The molecular formula is C13H14BrClN2O3S. The van der Waals surface area contributed by atoms with Crippen LogP contribution in [0.3, 0.4) is 0 Å². The molecule has 0 aliphatic heterocycles. The van der Waals surface area contributed by atoms with Crippen molar-refractivity contribution in [2.75, 3.05) is 6.54 Å². The van der Waals surface area contributed by atoms with Crippen LogP contribution in [0, 0.1) is 0 Å². The van der Waals surface area contributed by atoms with Crippen LogP contribution < -0.4 is 0 Å². The number of rotatable bonds is 6. The third-order valence-corrected chi connectivity index (χ3v) is 5.96. The molecule has 0 unspecified atom stereocenters. The van der Waals surface area contributed by atoms with Crippen molar-refractivity contribution in [2.45, 2.75) is 24.2 Å². The molecule has 8 heteroatoms. The Morgan fingerprint density at radius 2 is 2.05 bits per heavy atom. The first kappa shape index (κ1) is 16.5. The normalized spacial score (nSPS) is 12.0. The van der Waals surface area contributed by atoms with Crippen LogP contribution in [-0.2, 0) is 22.4 Å². The van der Waals surface area contributed by atoms with E-state index in [0.717, 1.165) is 5.56 Å². The lowest BCUT2D eigenvalue weighted by Crippen LogP contribution is -2.30. The van der Waals surface area contributed by atoms with Crippen molar-refractivity contribution in [1.82, 2.24) is 9.29 Å². The fraction of sp³-hybridized carbons (Fsp3) is 0.308. The second-order valence-corrected chi connectivity index (χ2v) is 7.16. The number of nitrogens with zero attached hydrogens (tertiary/aromatic N) is 2. The van der Waals surface area contributed by atoms with Crippen LogP contribution >= 0.6 is 27.5 Å². The molecule has 2 rings (SSSR count). The predicted octanol–water partition coefficient (Wildman–Crippen LogP) is 3.39. The fourth-order valence-corrected chi connectivity index (χ4v) is 4.37. The van der Waals surface area contributed by atoms with Gasteiger partial charge in [0, 0.05) is 31.5 Å². The number of aromatic nitrogens is 1. The summed E-state index contributed by atoms with van der Waals surface area (Å²) in [6.07, 6.45) is 3.27. The van der Waals surface area contributed by atoms with Gasteiger partial charge in [-0.05, 0) is 33.6 Å². The molecule has 0 aromatic carbocycles. The molecule has 0 atom stereocenters. The van der Waals surface area contributed by atoms with E-state index in [1.165, 1.54) is 10.4 Å². The highest BCUT2D eigenvalue weighted by Gasteiger charge is 2.28. The summed E-state index contributed by atoms with van der Waals surface area (Å²) >= 11 is 8.81. The minimum Gasteiger partial charge on any atom is -0.452 e. The molecule has 0 fully saturated rings. The summed E-state index contributed by atoms with van der Waals surface area (Å²) in [5.41, 5.74) is 0.868. The number of hydrogen-bond donors (Lipinski definition) is 0. The minimum atomic E-state index is -3.66. The largest absolute Gasteiger partial charge is 0.452 e. The molecule has 0 spiro atoms. The predicted molar refractivity (Wildman–Crippen MR) is 83.5 cm³/mol. The molecule has 0 saturated carbocycles. The van der Waals surface area contributed by atoms with Gasteiger partial charge < -0.3 is 4.42 Å². The van der Waals surface area contributed by atoms with E-state index in [4.69, 9.17) is 16.0 Å². The fourth-order valence-electron chi connectivity index (χ4n) is 1.84. The van der Waals surface area contributed by atoms with Gasteiger partial charge in [-0.15, -0.1) is 11.6 Å². The lowest BCUT2D eigenvalue weighted by atomic mass is 10.3. The first-order valence-corrected chi connectivity index (χ1v) is 8.99. The van der Waals surface area contributed by atoms with E-state index in [0.29, 0.717) is 12.3 Å². The van der Waals surface area contributed by atoms with Gasteiger partial charge in [0.05, 0.1) is 5.88 Å². The molecule has 114 valence electrons. The van der Waals surface area contributed by atoms with Crippen molar-refractivity contribution >= 4 is 37.6 Å². The molecule has 2 aromatic rings. The van der Waals surface area contributed by atoms with Crippen molar-refractivity contribution in [3.63, 3.8) is 0 Å². The first-order valence-electron chi connectivity index (χ1n) is 6.22. The number of hydrogen-bond acceptors (Lipinski definition) is 4. The van der Waals surface area contributed by atoms with E-state index in [1.54, 1.807) is 31.5 Å². The van der Waals surface area contributed by atoms with E-state index in [2.05, 4.69) is 20.9 Å². The Balaban J connectivity index is 2.33. The minimum absolute atomic E-state index is 0.0917. The Bertz CT molecular complexity index is 703. The maximum atomic E-state index is 12.7. The smallest absolute Gasteiger partial charge is 0.247 e. The molecule has 0 N–H and O–H groups in total. The van der Waals surface area contributed by atoms with Crippen LogP contribution in [0.5, 0.6) is 0 Å². The molecule has 0 bridgehead atoms. The second kappa shape index (κ2) is 6.91. The summed E-state index contributed by atoms with van der Waals surface area (Å²) < 4.78 is 32.2. The van der Waals surface area contributed by atoms with Crippen molar-refractivity contribution in [1.29, 1.82) is 0 Å². The lowest BCUT2D eigenvalue weighted by Gasteiger charge is -2.19. The average Bonchev–Trinajstić information content (AvgIpc) is 2.87. The van der Waals surface area contributed by atoms with Gasteiger partial charge in [-0.3, -0.25) is 4.98 Å². The molecule has 0 aliphatic rings. The Kier molecular flexibility index (Phi) is 5.43. The highest BCUT2D eigenvalue weighted by Crippen LogP contribution is 2.30. The molecule has 2 aromatic heterocycles. The van der Waals surface area contributed by atoms with Gasteiger partial charge in [0.25, 0.3) is 0 Å². The highest BCUT2D eigenvalue weighted by atomic mass is 79.9. The zero-order valence-electron chi connectivity index (χ0n) is 11.3. The Hall–Kier alpha value is -0.890. The van der Waals surface area contributed by atoms with E-state index >= 15 is 0 Å². The summed E-state index contributed by atoms with van der Waals surface area (Å²) in [5.74, 6) is 0.520. The van der Waals surface area contributed by atoms with Gasteiger partial charge in [0.15, 0.2) is 4.67 Å². The Morgan fingerprint density at radius 3 is 2.57 bits per heavy atom. The first-order chi connectivity index (χ1) is 9.98. The van der Waals surface area contributed by atoms with Gasteiger partial charge in [0.2, 0.25) is 10.0 Å². The topological polar surface area (TPSA) is 63.4 Å². The molecule has 5 nitrogen and oxygen atoms in total. The van der Waals surface area contributed by atoms with Gasteiger partial charge >= 0.3 is 0 Å². The second-order valence-electron chi connectivity index (χ2n) is 4.27. The SMILES string of the molecule is CCN(Cc1ccncc1)S(=O)(=O)c1cc(CCl)oc1Br. The Labute approximate surface area is 137 Å². The standard InChI is InChI=1S/C13H14BrClN2O3S/c1-2-17(9-10-3-5-16-6-4-10)21(18,19)12-7-11(8-15)20-13(12)14/h3-7H,2,8-9H2,1H3. The summed E-state index contributed by atoms with van der Waals surface area (Å²) in [4.78, 5) is 4.01. The van der Waals surface area contributed by atoms with Gasteiger partial charge in [0.1, 0.15) is 10.7 Å². The van der Waals surface area contributed by atoms with Crippen molar-refractivity contribution < 1.29 is 12.8 Å². The molecule has 21 heavy (non-hydrogen) atoms. The molecule has 2 heterocycles. The van der Waals surface area contributed by atoms with Gasteiger partial charge in [-0.25, -0.2) is 8.42 Å². The van der Waals surface area contributed by atoms with Crippen molar-refractivity contribution in [3.8, 4) is 0 Å². The molecule has 0 radical (unpaired) electrons. The van der Waals surface area contributed by atoms with E-state index in [9.17, 15) is 8.42 Å². The summed E-state index contributed by atoms with van der Waals surface area (Å²) in [6, 6.07) is 5.02. The molecule has 0 aliphatic carbocycles. The number of sulfonamides is 1. The van der Waals surface area contributed by atoms with Crippen LogP contribution in [0.2, 0.25) is 0 Å². The zero-order chi connectivity index (χ0) is 15.5. The average molecular weight is 394 g/mol. The van der Waals surface area contributed by atoms with Gasteiger partial charge in [-0.2, -0.15) is 4.31 Å². The third-order valence-electron chi connectivity index (χ3n) is 2.92. The quantitative estimate of drug-likeness (QED) is 0.706. The molecular weight excluding hydrogens is 380 g/mol. The highest BCUT2D eigenvalue weighted by molar-refractivity contribution is 9.10. The van der Waals surface area contributed by atoms with Crippen molar-refractivity contribution in [3.05, 3.63) is 46.6 Å². The number of furan rings is 1. The van der Waals surface area contributed by atoms with Crippen LogP contribution in [0.25, 0.3) is 0 Å². The van der Waals surface area contributed by atoms with Crippen LogP contribution in [0.1, 0.15) is 18.2 Å². The monoisotopic (exact) mass is 392 g/mol. The zero-order valence-corrected chi connectivity index (χ0v) is 14.4. The number of pyridine rings is 1. The van der Waals surface area contributed by atoms with E-state index in [-0.39, 0.29) is 22.0 Å². The van der Waals surface area contributed by atoms with Crippen LogP contribution in [0.15, 0.2) is 44.6 Å². The van der Waals surface area contributed by atoms with E-state index in [1.807, 2.05) is 0 Å². The summed E-state index contributed by atoms with van der Waals surface area (Å²) in [5, 5.41) is 0. The van der Waals surface area contributed by atoms with Crippen LogP contribution in [-0.4, -0.2) is 24.3 Å². The summed E-state index contributed by atoms with van der Waals surface area (Å²) in [7, 11) is -3.66. The lowest BCUT2D eigenvalue weighted by molar-refractivity contribution is 0.420. The molecule has 0 amide bonds. The molecule has 0 saturated heterocycles. The van der Waals surface area contributed by atoms with Gasteiger partial charge in [-0.1, -0.05) is 6.92 Å². The van der Waals surface area contributed by atoms with Crippen LogP contribution in [0.4, 0.5) is 0 Å². The third kappa shape index (κ3) is 3.66. The Morgan fingerprint density at radius 1 is 1.38 bits per heavy atom.